The third kappa shape index (κ3) is 3.72. The minimum atomic E-state index is -3.92. The number of amides is 1. The maximum absolute atomic E-state index is 13.8. The van der Waals surface area contributed by atoms with Gasteiger partial charge < -0.3 is 4.90 Å². The number of benzene rings is 2. The third-order valence-electron chi connectivity index (χ3n) is 4.35. The van der Waals surface area contributed by atoms with Gasteiger partial charge in [-0.2, -0.15) is 0 Å². The highest BCUT2D eigenvalue weighted by molar-refractivity contribution is 7.92. The first kappa shape index (κ1) is 18.4. The Bertz CT molecular complexity index is 969. The number of carbonyl (C=O) groups excluding carboxylic acids is 1. The normalized spacial score (nSPS) is 14.2. The molecule has 138 valence electrons. The second kappa shape index (κ2) is 6.72. The first-order valence-electron chi connectivity index (χ1n) is 8.38. The van der Waals surface area contributed by atoms with Crippen LogP contribution in [0.2, 0.25) is 0 Å². The van der Waals surface area contributed by atoms with Crippen molar-refractivity contribution < 1.29 is 17.6 Å². The molecule has 0 aromatic heterocycles. The summed E-state index contributed by atoms with van der Waals surface area (Å²) in [7, 11) is -3.92. The topological polar surface area (TPSA) is 66.5 Å². The number of aryl methyl sites for hydroxylation is 2. The van der Waals surface area contributed by atoms with E-state index in [-0.39, 0.29) is 22.5 Å². The van der Waals surface area contributed by atoms with E-state index in [0.717, 1.165) is 24.5 Å². The van der Waals surface area contributed by atoms with Crippen molar-refractivity contribution in [1.29, 1.82) is 0 Å². The fourth-order valence-electron chi connectivity index (χ4n) is 2.95. The zero-order chi connectivity index (χ0) is 19.1. The molecule has 2 aromatic carbocycles. The second-order valence-corrected chi connectivity index (χ2v) is 8.31. The van der Waals surface area contributed by atoms with Crippen LogP contribution in [0.1, 0.15) is 30.9 Å². The van der Waals surface area contributed by atoms with Crippen LogP contribution in [0.4, 0.5) is 15.8 Å². The number of halogens is 1. The Morgan fingerprint density at radius 2 is 1.85 bits per heavy atom. The first-order valence-corrected chi connectivity index (χ1v) is 9.87. The van der Waals surface area contributed by atoms with Crippen LogP contribution in [-0.4, -0.2) is 20.4 Å². The van der Waals surface area contributed by atoms with E-state index in [1.165, 1.54) is 24.0 Å². The van der Waals surface area contributed by atoms with Crippen LogP contribution < -0.4 is 9.62 Å². The van der Waals surface area contributed by atoms with Crippen LogP contribution in [0.15, 0.2) is 41.3 Å². The van der Waals surface area contributed by atoms with E-state index in [1.807, 2.05) is 6.07 Å². The molecule has 1 saturated carbocycles. The van der Waals surface area contributed by atoms with Gasteiger partial charge in [0.25, 0.3) is 10.0 Å². The minimum Gasteiger partial charge on any atom is -0.308 e. The highest BCUT2D eigenvalue weighted by Gasteiger charge is 2.34. The van der Waals surface area contributed by atoms with E-state index in [9.17, 15) is 17.6 Å². The summed E-state index contributed by atoms with van der Waals surface area (Å²) in [6.45, 7) is 4.92. The summed E-state index contributed by atoms with van der Waals surface area (Å²) in [5, 5.41) is 0. The molecule has 5 nitrogen and oxygen atoms in total. The predicted molar refractivity (Wildman–Crippen MR) is 99.3 cm³/mol. The molecule has 1 fully saturated rings. The lowest BCUT2D eigenvalue weighted by Crippen LogP contribution is -2.31. The molecular formula is C19H21FN2O3S. The lowest BCUT2D eigenvalue weighted by atomic mass is 10.2. The van der Waals surface area contributed by atoms with Crippen LogP contribution in [0.3, 0.4) is 0 Å². The summed E-state index contributed by atoms with van der Waals surface area (Å²) >= 11 is 0. The molecular weight excluding hydrogens is 355 g/mol. The molecule has 0 spiro atoms. The Balaban J connectivity index is 2.05. The smallest absolute Gasteiger partial charge is 0.262 e. The van der Waals surface area contributed by atoms with Crippen molar-refractivity contribution in [3.05, 3.63) is 53.3 Å². The molecule has 0 saturated heterocycles. The molecule has 1 N–H and O–H groups in total. The van der Waals surface area contributed by atoms with Crippen LogP contribution in [0.25, 0.3) is 0 Å². The number of rotatable bonds is 5. The van der Waals surface area contributed by atoms with Gasteiger partial charge in [0.15, 0.2) is 0 Å². The van der Waals surface area contributed by atoms with Gasteiger partial charge in [0, 0.05) is 19.0 Å². The van der Waals surface area contributed by atoms with Gasteiger partial charge in [-0.05, 0) is 56.0 Å². The Morgan fingerprint density at radius 1 is 1.15 bits per heavy atom. The number of nitrogens with one attached hydrogen (secondary N) is 1. The maximum atomic E-state index is 13.8. The van der Waals surface area contributed by atoms with E-state index >= 15 is 0 Å². The fraction of sp³-hybridized carbons (Fsp3) is 0.316. The number of carbonyl (C=O) groups is 1. The minimum absolute atomic E-state index is 0.0296. The van der Waals surface area contributed by atoms with Crippen molar-refractivity contribution in [1.82, 2.24) is 0 Å². The molecule has 0 aliphatic heterocycles. The van der Waals surface area contributed by atoms with Gasteiger partial charge in [0.1, 0.15) is 5.82 Å². The van der Waals surface area contributed by atoms with Gasteiger partial charge >= 0.3 is 0 Å². The fourth-order valence-corrected chi connectivity index (χ4v) is 4.35. The summed E-state index contributed by atoms with van der Waals surface area (Å²) in [5.74, 6) is -0.780. The lowest BCUT2D eigenvalue weighted by Gasteiger charge is -2.24. The summed E-state index contributed by atoms with van der Waals surface area (Å²) in [6, 6.07) is 8.92. The highest BCUT2D eigenvalue weighted by Crippen LogP contribution is 2.37. The van der Waals surface area contributed by atoms with Crippen LogP contribution >= 0.6 is 0 Å². The van der Waals surface area contributed by atoms with Gasteiger partial charge in [0.05, 0.1) is 16.3 Å². The van der Waals surface area contributed by atoms with Crippen molar-refractivity contribution >= 4 is 27.3 Å². The molecule has 0 bridgehead atoms. The largest absolute Gasteiger partial charge is 0.308 e. The van der Waals surface area contributed by atoms with Crippen LogP contribution in [-0.2, 0) is 14.8 Å². The number of anilines is 2. The van der Waals surface area contributed by atoms with Crippen LogP contribution in [0, 0.1) is 19.7 Å². The number of nitrogens with zero attached hydrogens (tertiary/aromatic N) is 1. The average molecular weight is 376 g/mol. The average Bonchev–Trinajstić information content (AvgIpc) is 3.36. The summed E-state index contributed by atoms with van der Waals surface area (Å²) in [6.07, 6.45) is 1.69. The lowest BCUT2D eigenvalue weighted by molar-refractivity contribution is -0.116. The number of sulfonamides is 1. The Kier molecular flexibility index (Phi) is 4.75. The van der Waals surface area contributed by atoms with Crippen LogP contribution in [0.5, 0.6) is 0 Å². The van der Waals surface area contributed by atoms with Gasteiger partial charge in [0.2, 0.25) is 5.91 Å². The molecule has 1 aliphatic carbocycles. The summed E-state index contributed by atoms with van der Waals surface area (Å²) < 4.78 is 42.0. The summed E-state index contributed by atoms with van der Waals surface area (Å²) in [4.78, 5) is 13.7. The first-order chi connectivity index (χ1) is 12.2. The molecule has 2 aromatic rings. The SMILES string of the molecule is CC(=O)N(c1ccc(F)cc1NS(=O)(=O)c1cc(C)ccc1C)C1CC1. The van der Waals surface area contributed by atoms with Gasteiger partial charge in [-0.3, -0.25) is 9.52 Å². The standard InChI is InChI=1S/C19H21FN2O3S/c1-12-4-5-13(2)19(10-12)26(24,25)21-17-11-15(20)6-9-18(17)22(14(3)23)16-7-8-16/h4-6,9-11,16,21H,7-8H2,1-3H3. The number of hydrogen-bond acceptors (Lipinski definition) is 3. The van der Waals surface area contributed by atoms with Gasteiger partial charge in [-0.25, -0.2) is 12.8 Å². The molecule has 1 amide bonds. The van der Waals surface area contributed by atoms with E-state index in [4.69, 9.17) is 0 Å². The Morgan fingerprint density at radius 3 is 2.46 bits per heavy atom. The number of hydrogen-bond donors (Lipinski definition) is 1. The molecule has 26 heavy (non-hydrogen) atoms. The maximum Gasteiger partial charge on any atom is 0.262 e. The van der Waals surface area contributed by atoms with Crippen molar-refractivity contribution in [3.8, 4) is 0 Å². The van der Waals surface area contributed by atoms with E-state index in [1.54, 1.807) is 26.0 Å². The van der Waals surface area contributed by atoms with Crippen molar-refractivity contribution in [3.63, 3.8) is 0 Å². The zero-order valence-electron chi connectivity index (χ0n) is 14.9. The monoisotopic (exact) mass is 376 g/mol. The predicted octanol–water partition coefficient (Wildman–Crippen LogP) is 3.76. The van der Waals surface area contributed by atoms with Gasteiger partial charge in [-0.15, -0.1) is 0 Å². The van der Waals surface area contributed by atoms with Crippen molar-refractivity contribution in [2.24, 2.45) is 0 Å². The molecule has 1 aliphatic rings. The van der Waals surface area contributed by atoms with Gasteiger partial charge in [-0.1, -0.05) is 12.1 Å². The highest BCUT2D eigenvalue weighted by atomic mass is 32.2. The zero-order valence-corrected chi connectivity index (χ0v) is 15.7. The molecule has 0 heterocycles. The molecule has 7 heteroatoms. The van der Waals surface area contributed by atoms with Crippen molar-refractivity contribution in [2.75, 3.05) is 9.62 Å². The van der Waals surface area contributed by atoms with Crippen molar-refractivity contribution in [2.45, 2.75) is 44.6 Å². The Labute approximate surface area is 152 Å². The van der Waals surface area contributed by atoms with E-state index in [2.05, 4.69) is 4.72 Å². The quantitative estimate of drug-likeness (QED) is 0.864. The molecule has 3 rings (SSSR count). The van der Waals surface area contributed by atoms with E-state index in [0.29, 0.717) is 11.3 Å². The Hall–Kier alpha value is -2.41. The molecule has 0 unspecified atom stereocenters. The second-order valence-electron chi connectivity index (χ2n) is 6.66. The van der Waals surface area contributed by atoms with E-state index < -0.39 is 15.8 Å². The third-order valence-corrected chi connectivity index (χ3v) is 5.85. The molecule has 0 atom stereocenters. The molecule has 0 radical (unpaired) electrons. The summed E-state index contributed by atoms with van der Waals surface area (Å²) in [5.41, 5.74) is 1.83.